The number of benzene rings is 6. The Bertz CT molecular complexity index is 4850. The highest BCUT2D eigenvalue weighted by Crippen LogP contribution is 2.50. The molecule has 3 unspecified atom stereocenters. The van der Waals surface area contributed by atoms with Crippen molar-refractivity contribution >= 4 is 82.1 Å². The van der Waals surface area contributed by atoms with Gasteiger partial charge in [-0.1, -0.05) is 80.4 Å². The van der Waals surface area contributed by atoms with E-state index in [2.05, 4.69) is 59.7 Å². The van der Waals surface area contributed by atoms with Gasteiger partial charge in [-0.2, -0.15) is 0 Å². The molecule has 7 heterocycles. The first kappa shape index (κ1) is 86.9. The van der Waals surface area contributed by atoms with Crippen LogP contribution in [0.3, 0.4) is 0 Å². The SMILES string of the molecule is CCCCC#Cc1ccc(NC(=O)CNC(=O)C2NC(=O)[C@H]3NC(=O)[C@H](NC(=O)C4NC(=O)[C@H](CC(N)=O)NC(=O)[C@H](NC(=O)[C@@H](CC(C)C)NC)[C@H](O)c5ccc(c(Cl)c5)Oc5cc4cc(c5O[C@@H]4O[C@H](CO)[C@@H](O)[C@H](O)[C@H]4OC4C[C@](C)(N)[C@H](O)[C@H](C)O4)Oc4ccc(cc4Cl)[C@H]3O)c3ccc(O)c(c3)-c3c(O)cc(O)cc32)cc1. The molecule has 37 heteroatoms. The van der Waals surface area contributed by atoms with Crippen LogP contribution in [0.5, 0.6) is 46.0 Å². The summed E-state index contributed by atoms with van der Waals surface area (Å²) in [7, 11) is 1.47. The number of nitrogens with one attached hydrogen (secondary N) is 9. The average molecular weight is 1660 g/mol. The number of anilines is 1. The fraction of sp³-hybridized carbons (Fsp3) is 0.412. The number of rotatable bonds is 18. The van der Waals surface area contributed by atoms with E-state index in [-0.39, 0.29) is 46.2 Å². The maximum atomic E-state index is 16.3. The number of phenols is 3. The lowest BCUT2D eigenvalue weighted by Gasteiger charge is -2.47. The third-order valence-electron chi connectivity index (χ3n) is 20.3. The van der Waals surface area contributed by atoms with E-state index >= 15 is 19.2 Å². The Hall–Kier alpha value is -11.0. The lowest BCUT2D eigenvalue weighted by molar-refractivity contribution is -0.333. The number of unbranched alkanes of at least 4 members (excludes halogenated alkanes) is 2. The zero-order chi connectivity index (χ0) is 84.8. The molecule has 2 saturated heterocycles. The van der Waals surface area contributed by atoms with Gasteiger partial charge in [0.05, 0.1) is 47.9 Å². The Balaban J connectivity index is 1.10. The highest BCUT2D eigenvalue weighted by atomic mass is 35.5. The largest absolute Gasteiger partial charge is 0.508 e. The first-order valence-electron chi connectivity index (χ1n) is 37.4. The Labute approximate surface area is 679 Å². The summed E-state index contributed by atoms with van der Waals surface area (Å²) in [4.78, 5) is 134. The number of phenolic OH excluding ortho intramolecular Hbond substituents is 3. The number of aliphatic hydroxyl groups is 6. The predicted molar refractivity (Wildman–Crippen MR) is 416 cm³/mol. The minimum atomic E-state index is -2.37. The normalized spacial score (nSPS) is 26.8. The van der Waals surface area contributed by atoms with Crippen molar-refractivity contribution in [2.45, 2.75) is 182 Å². The first-order chi connectivity index (χ1) is 55.5. The number of halogens is 2. The first-order valence-corrected chi connectivity index (χ1v) is 38.2. The molecule has 6 aromatic carbocycles. The number of carbonyl (C=O) groups is 9. The number of ether oxygens (including phenoxy) is 6. The summed E-state index contributed by atoms with van der Waals surface area (Å²) >= 11 is 14.3. The molecule has 2 fully saturated rings. The number of hydrogen-bond acceptors (Lipinski definition) is 26. The Kier molecular flexibility index (Phi) is 27.6. The Morgan fingerprint density at radius 2 is 1.35 bits per heavy atom. The van der Waals surface area contributed by atoms with E-state index in [9.17, 15) is 69.9 Å². The smallest absolute Gasteiger partial charge is 0.248 e. The van der Waals surface area contributed by atoms with Gasteiger partial charge in [0.15, 0.2) is 23.9 Å². The van der Waals surface area contributed by atoms with Gasteiger partial charge in [-0.15, -0.1) is 0 Å². The van der Waals surface area contributed by atoms with Crippen molar-refractivity contribution < 1.29 is 118 Å². The lowest BCUT2D eigenvalue weighted by Crippen LogP contribution is -2.64. The number of fused-ring (bicyclic) bond motifs is 15. The third kappa shape index (κ3) is 20.0. The van der Waals surface area contributed by atoms with Gasteiger partial charge < -0.3 is 134 Å². The minimum absolute atomic E-state index is 0.109. The van der Waals surface area contributed by atoms with Gasteiger partial charge in [-0.25, -0.2) is 0 Å². The van der Waals surface area contributed by atoms with Crippen molar-refractivity contribution in [1.82, 2.24) is 42.5 Å². The quantitative estimate of drug-likeness (QED) is 0.0434. The van der Waals surface area contributed by atoms with E-state index in [0.717, 1.165) is 79.6 Å². The van der Waals surface area contributed by atoms with Gasteiger partial charge in [0, 0.05) is 46.8 Å². The molecule has 624 valence electrons. The third-order valence-corrected chi connectivity index (χ3v) is 20.9. The topological polar surface area (TPSA) is 551 Å². The number of nitrogens with two attached hydrogens (primary N) is 2. The molecule has 7 aliphatic heterocycles. The van der Waals surface area contributed by atoms with Crippen molar-refractivity contribution in [3.05, 3.63) is 147 Å². The zero-order valence-corrected chi connectivity index (χ0v) is 65.4. The summed E-state index contributed by atoms with van der Waals surface area (Å²) in [5.74, 6) is -10.1. The molecule has 11 bridgehead atoms. The van der Waals surface area contributed by atoms with Crippen molar-refractivity contribution in [3.63, 3.8) is 0 Å². The van der Waals surface area contributed by atoms with Gasteiger partial charge in [0.1, 0.15) is 95.5 Å². The monoisotopic (exact) mass is 1660 g/mol. The number of likely N-dealkylation sites (N-methyl/N-ethyl adjacent to an activating group) is 1. The number of primary amides is 1. The molecule has 0 spiro atoms. The summed E-state index contributed by atoms with van der Waals surface area (Å²) in [6, 6.07) is 6.01. The summed E-state index contributed by atoms with van der Waals surface area (Å²) in [5, 5.41) is 127. The molecule has 22 N–H and O–H groups in total. The molecule has 0 saturated carbocycles. The molecule has 7 aliphatic rings. The summed E-state index contributed by atoms with van der Waals surface area (Å²) in [6.45, 7) is 6.89. The number of aromatic hydroxyl groups is 3. The van der Waals surface area contributed by atoms with Crippen LogP contribution in [0.4, 0.5) is 5.69 Å². The molecule has 35 nitrogen and oxygen atoms in total. The lowest BCUT2D eigenvalue weighted by atomic mass is 9.86. The maximum Gasteiger partial charge on any atom is 0.248 e. The van der Waals surface area contributed by atoms with Crippen LogP contribution in [-0.2, 0) is 57.4 Å². The van der Waals surface area contributed by atoms with Crippen LogP contribution in [0.1, 0.15) is 137 Å². The van der Waals surface area contributed by atoms with Crippen molar-refractivity contribution in [3.8, 4) is 69.0 Å². The van der Waals surface area contributed by atoms with Crippen molar-refractivity contribution in [1.29, 1.82) is 0 Å². The van der Waals surface area contributed by atoms with Crippen LogP contribution in [0.15, 0.2) is 103 Å². The summed E-state index contributed by atoms with van der Waals surface area (Å²) in [6.07, 6.45) is -16.2. The van der Waals surface area contributed by atoms with Gasteiger partial charge in [0.25, 0.3) is 0 Å². The zero-order valence-electron chi connectivity index (χ0n) is 63.9. The van der Waals surface area contributed by atoms with Crippen molar-refractivity contribution in [2.24, 2.45) is 17.4 Å². The fourth-order valence-corrected chi connectivity index (χ4v) is 14.5. The number of aliphatic hydroxyl groups excluding tert-OH is 6. The Morgan fingerprint density at radius 1 is 0.718 bits per heavy atom. The van der Waals surface area contributed by atoms with E-state index < -0.39 is 250 Å². The number of carbonyl (C=O) groups excluding carboxylic acids is 9. The standard InChI is InChI=1S/C80H91Cl2N11O24/c1-7-8-9-10-11-36-12-17-41(18-13-36)87-57(99)32-86-74(107)62-44-28-42(95)29-50(97)59(44)43-23-37(14-19-49(43)96)60-75(108)93-64(78(111)91-62)66(101)39-16-21-52(46(82)25-39)114-54-27-40-26-53(69(54)117-79-70(68(103)67(102)55(33-94)115-79)116-58-31-80(5,84)71(104)35(4)112-58)113-51-20-15-38(24-45(51)81)65(100)63(92-72(105)47(85-6)22-34(2)3)77(110)88-48(30-56(83)98)73(106)89-61(40)76(109)90-60/h12-21,23-29,34-35,47-48,55,58,60-68,70-71,79,85,94-97,100-104H,7-9,22,30-33,84H2,1-6H3,(H2,83,98)(H,86,107)(H,87,99)(H,88,110)(H,89,106)(H,90,109)(H,91,111)(H,92,105)(H,93,108)/t35-,47+,48-,55+,58?,60+,61?,62?,63+,64-,65+,66+,67+,68-,70+,71+,79-,80-/m0/s1. The predicted octanol–water partition coefficient (Wildman–Crippen LogP) is 2.32. The van der Waals surface area contributed by atoms with Crippen LogP contribution >= 0.6 is 23.2 Å². The summed E-state index contributed by atoms with van der Waals surface area (Å²) < 4.78 is 38.6. The Morgan fingerprint density at radius 3 is 1.97 bits per heavy atom. The molecule has 18 atom stereocenters. The van der Waals surface area contributed by atoms with E-state index in [1.54, 1.807) is 24.3 Å². The van der Waals surface area contributed by atoms with Crippen LogP contribution in [0, 0.1) is 17.8 Å². The number of amides is 9. The maximum absolute atomic E-state index is 16.3. The average Bonchev–Trinajstić information content (AvgIpc) is 0.763. The van der Waals surface area contributed by atoms with Gasteiger partial charge in [-0.05, 0) is 146 Å². The molecule has 0 aromatic heterocycles. The fourth-order valence-electron chi connectivity index (χ4n) is 14.0. The van der Waals surface area contributed by atoms with Gasteiger partial charge >= 0.3 is 0 Å². The second-order valence-electron chi connectivity index (χ2n) is 29.6. The van der Waals surface area contributed by atoms with E-state index in [0.29, 0.717) is 17.7 Å². The van der Waals surface area contributed by atoms with Crippen LogP contribution in [0.25, 0.3) is 11.1 Å². The molecule has 0 aliphatic carbocycles. The molecule has 9 amide bonds. The summed E-state index contributed by atoms with van der Waals surface area (Å²) in [5.41, 5.74) is 9.13. The molecule has 6 aromatic rings. The molecule has 0 radical (unpaired) electrons. The highest BCUT2D eigenvalue weighted by molar-refractivity contribution is 6.32. The number of hydrogen-bond donors (Lipinski definition) is 20. The van der Waals surface area contributed by atoms with E-state index in [1.807, 2.05) is 20.8 Å². The van der Waals surface area contributed by atoms with Crippen LogP contribution in [-0.4, -0.2) is 198 Å². The van der Waals surface area contributed by atoms with Gasteiger partial charge in [0.2, 0.25) is 65.2 Å². The van der Waals surface area contributed by atoms with Gasteiger partial charge in [-0.3, -0.25) is 43.2 Å². The second-order valence-corrected chi connectivity index (χ2v) is 30.4. The molecule has 13 rings (SSSR count). The molecular formula is C80H91Cl2N11O24. The molecule has 117 heavy (non-hydrogen) atoms. The second kappa shape index (κ2) is 37.1. The van der Waals surface area contributed by atoms with E-state index in [1.165, 1.54) is 33.0 Å². The van der Waals surface area contributed by atoms with E-state index in [4.69, 9.17) is 63.1 Å². The van der Waals surface area contributed by atoms with Crippen LogP contribution in [0.2, 0.25) is 10.0 Å². The minimum Gasteiger partial charge on any atom is -0.508 e. The highest BCUT2D eigenvalue weighted by Gasteiger charge is 2.52. The van der Waals surface area contributed by atoms with Crippen molar-refractivity contribution in [2.75, 3.05) is 25.5 Å². The van der Waals surface area contributed by atoms with Crippen LogP contribution < -0.4 is 73.5 Å². The molecular weight excluding hydrogens is 1570 g/mol.